The number of aromatic carboxylic acids is 1. The first-order chi connectivity index (χ1) is 7.40. The topological polar surface area (TPSA) is 70.2 Å². The average molecular weight is 244 g/mol. The van der Waals surface area contributed by atoms with Crippen molar-refractivity contribution in [2.45, 2.75) is 33.1 Å². The van der Waals surface area contributed by atoms with Crippen LogP contribution < -0.4 is 5.56 Å². The van der Waals surface area contributed by atoms with Crippen LogP contribution in [0.15, 0.2) is 4.79 Å². The summed E-state index contributed by atoms with van der Waals surface area (Å²) >= 11 is 6.09. The molecule has 2 N–H and O–H groups in total. The molecule has 1 aromatic rings. The number of halogens is 1. The van der Waals surface area contributed by atoms with Crippen LogP contribution in [0.5, 0.6) is 0 Å². The van der Waals surface area contributed by atoms with E-state index in [0.29, 0.717) is 22.7 Å². The molecular weight excluding hydrogens is 230 g/mol. The molecule has 4 nitrogen and oxygen atoms in total. The van der Waals surface area contributed by atoms with Crippen LogP contribution in [0.1, 0.15) is 48.3 Å². The van der Waals surface area contributed by atoms with Gasteiger partial charge < -0.3 is 10.1 Å². The largest absolute Gasteiger partial charge is 0.477 e. The van der Waals surface area contributed by atoms with Crippen LogP contribution in [0, 0.1) is 0 Å². The minimum Gasteiger partial charge on any atom is -0.477 e. The highest BCUT2D eigenvalue weighted by atomic mass is 35.5. The predicted octanol–water partition coefficient (Wildman–Crippen LogP) is 2.41. The smallest absolute Gasteiger partial charge is 0.341 e. The van der Waals surface area contributed by atoms with Gasteiger partial charge in [-0.2, -0.15) is 0 Å². The van der Waals surface area contributed by atoms with Gasteiger partial charge in [0.2, 0.25) is 0 Å². The number of aryl methyl sites for hydroxylation is 1. The third-order valence-corrected chi connectivity index (χ3v) is 2.84. The predicted molar refractivity (Wildman–Crippen MR) is 62.5 cm³/mol. The van der Waals surface area contributed by atoms with E-state index in [1.807, 2.05) is 20.8 Å². The lowest BCUT2D eigenvalue weighted by molar-refractivity contribution is 0.0693. The van der Waals surface area contributed by atoms with E-state index in [0.717, 1.165) is 0 Å². The zero-order valence-corrected chi connectivity index (χ0v) is 10.2. The maximum atomic E-state index is 11.6. The molecule has 5 heteroatoms. The molecule has 0 fully saturated rings. The molecule has 0 saturated carbocycles. The van der Waals surface area contributed by atoms with Gasteiger partial charge >= 0.3 is 5.97 Å². The van der Waals surface area contributed by atoms with Crippen molar-refractivity contribution in [1.82, 2.24) is 4.98 Å². The second-order valence-electron chi connectivity index (χ2n) is 3.85. The van der Waals surface area contributed by atoms with E-state index in [2.05, 4.69) is 4.98 Å². The van der Waals surface area contributed by atoms with Crippen LogP contribution >= 0.6 is 11.6 Å². The number of carboxylic acids is 1. The molecule has 16 heavy (non-hydrogen) atoms. The van der Waals surface area contributed by atoms with E-state index in [4.69, 9.17) is 16.7 Å². The molecule has 0 atom stereocenters. The van der Waals surface area contributed by atoms with Crippen molar-refractivity contribution in [2.24, 2.45) is 0 Å². The van der Waals surface area contributed by atoms with Gasteiger partial charge in [-0.25, -0.2) is 4.79 Å². The third kappa shape index (κ3) is 2.11. The molecule has 0 amide bonds. The summed E-state index contributed by atoms with van der Waals surface area (Å²) in [7, 11) is 0. The van der Waals surface area contributed by atoms with Crippen molar-refractivity contribution >= 4 is 17.6 Å². The second-order valence-corrected chi connectivity index (χ2v) is 4.23. The summed E-state index contributed by atoms with van der Waals surface area (Å²) in [4.78, 5) is 25.1. The summed E-state index contributed by atoms with van der Waals surface area (Å²) in [5.74, 6) is -1.35. The number of carbonyl (C=O) groups is 1. The van der Waals surface area contributed by atoms with Crippen molar-refractivity contribution in [3.05, 3.63) is 32.2 Å². The molecule has 0 saturated heterocycles. The lowest BCUT2D eigenvalue weighted by Crippen LogP contribution is -2.23. The molecule has 0 unspecified atom stereocenters. The van der Waals surface area contributed by atoms with Crippen LogP contribution in [-0.4, -0.2) is 16.1 Å². The molecule has 0 aromatic carbocycles. The second kappa shape index (κ2) is 4.70. The highest BCUT2D eigenvalue weighted by Gasteiger charge is 2.22. The van der Waals surface area contributed by atoms with Crippen molar-refractivity contribution in [2.75, 3.05) is 0 Å². The van der Waals surface area contributed by atoms with Crippen LogP contribution in [-0.2, 0) is 6.42 Å². The Kier molecular flexibility index (Phi) is 3.75. The van der Waals surface area contributed by atoms with E-state index in [-0.39, 0.29) is 11.5 Å². The van der Waals surface area contributed by atoms with E-state index in [9.17, 15) is 9.59 Å². The Balaban J connectivity index is 3.69. The van der Waals surface area contributed by atoms with Crippen molar-refractivity contribution in [3.63, 3.8) is 0 Å². The van der Waals surface area contributed by atoms with Gasteiger partial charge in [0.05, 0.1) is 5.02 Å². The fourth-order valence-electron chi connectivity index (χ4n) is 1.65. The number of pyridine rings is 1. The highest BCUT2D eigenvalue weighted by Crippen LogP contribution is 2.28. The Hall–Kier alpha value is -1.29. The van der Waals surface area contributed by atoms with E-state index < -0.39 is 11.5 Å². The number of hydrogen-bond acceptors (Lipinski definition) is 2. The van der Waals surface area contributed by atoms with Gasteiger partial charge in [0, 0.05) is 5.69 Å². The normalized spacial score (nSPS) is 10.8. The Morgan fingerprint density at radius 1 is 1.50 bits per heavy atom. The summed E-state index contributed by atoms with van der Waals surface area (Å²) in [6.45, 7) is 5.47. The lowest BCUT2D eigenvalue weighted by Gasteiger charge is -2.14. The van der Waals surface area contributed by atoms with Crippen LogP contribution in [0.4, 0.5) is 0 Å². The Labute approximate surface area is 98.3 Å². The number of nitrogens with one attached hydrogen (secondary N) is 1. The summed E-state index contributed by atoms with van der Waals surface area (Å²) in [5.41, 5.74) is 0.157. The number of H-pyrrole nitrogens is 1. The summed E-state index contributed by atoms with van der Waals surface area (Å²) in [6, 6.07) is 0. The monoisotopic (exact) mass is 243 g/mol. The van der Waals surface area contributed by atoms with Gasteiger partial charge in [-0.3, -0.25) is 4.79 Å². The Morgan fingerprint density at radius 2 is 2.06 bits per heavy atom. The number of aromatic nitrogens is 1. The number of hydrogen-bond donors (Lipinski definition) is 2. The summed E-state index contributed by atoms with van der Waals surface area (Å²) < 4.78 is 0. The molecule has 0 bridgehead atoms. The first-order valence-electron chi connectivity index (χ1n) is 5.07. The van der Waals surface area contributed by atoms with E-state index in [1.165, 1.54) is 0 Å². The maximum absolute atomic E-state index is 11.6. The van der Waals surface area contributed by atoms with Gasteiger partial charge in [-0.15, -0.1) is 0 Å². The molecule has 0 radical (unpaired) electrons. The molecule has 0 spiro atoms. The van der Waals surface area contributed by atoms with E-state index >= 15 is 0 Å². The standard InChI is InChI=1S/C11H14ClNO3/c1-4-6-9(12)7(5(2)3)8(11(15)16)10(14)13-6/h5H,4H2,1-3H3,(H,13,14)(H,15,16). The Bertz CT molecular complexity index is 477. The molecular formula is C11H14ClNO3. The van der Waals surface area contributed by atoms with Crippen LogP contribution in [0.2, 0.25) is 5.02 Å². The van der Waals surface area contributed by atoms with Gasteiger partial charge in [0.1, 0.15) is 5.56 Å². The van der Waals surface area contributed by atoms with Gasteiger partial charge in [0.25, 0.3) is 5.56 Å². The summed E-state index contributed by atoms with van der Waals surface area (Å²) in [6.07, 6.45) is 0.563. The highest BCUT2D eigenvalue weighted by molar-refractivity contribution is 6.32. The fraction of sp³-hybridized carbons (Fsp3) is 0.455. The zero-order chi connectivity index (χ0) is 12.5. The maximum Gasteiger partial charge on any atom is 0.341 e. The lowest BCUT2D eigenvalue weighted by atomic mass is 9.97. The number of carboxylic acid groups (broad SMARTS) is 1. The quantitative estimate of drug-likeness (QED) is 0.857. The molecule has 0 aliphatic carbocycles. The van der Waals surface area contributed by atoms with Crippen molar-refractivity contribution in [1.29, 1.82) is 0 Å². The first-order valence-corrected chi connectivity index (χ1v) is 5.45. The SMILES string of the molecule is CCc1[nH]c(=O)c(C(=O)O)c(C(C)C)c1Cl. The molecule has 0 aliphatic rings. The van der Waals surface area contributed by atoms with Gasteiger partial charge in [0.15, 0.2) is 0 Å². The molecule has 1 rings (SSSR count). The third-order valence-electron chi connectivity index (χ3n) is 2.41. The van der Waals surface area contributed by atoms with Crippen LogP contribution in [0.3, 0.4) is 0 Å². The summed E-state index contributed by atoms with van der Waals surface area (Å²) in [5, 5.41) is 9.36. The fourth-order valence-corrected chi connectivity index (χ4v) is 2.14. The number of rotatable bonds is 3. The van der Waals surface area contributed by atoms with Gasteiger partial charge in [-0.05, 0) is 17.9 Å². The molecule has 88 valence electrons. The molecule has 0 aliphatic heterocycles. The van der Waals surface area contributed by atoms with Gasteiger partial charge in [-0.1, -0.05) is 32.4 Å². The zero-order valence-electron chi connectivity index (χ0n) is 9.43. The molecule has 1 aromatic heterocycles. The molecule has 1 heterocycles. The first kappa shape index (κ1) is 12.8. The Morgan fingerprint density at radius 3 is 2.44 bits per heavy atom. The number of aromatic amines is 1. The van der Waals surface area contributed by atoms with E-state index in [1.54, 1.807) is 0 Å². The van der Waals surface area contributed by atoms with Crippen LogP contribution in [0.25, 0.3) is 0 Å². The minimum atomic E-state index is -1.24. The van der Waals surface area contributed by atoms with Crippen molar-refractivity contribution in [3.8, 4) is 0 Å². The minimum absolute atomic E-state index is 0.105. The van der Waals surface area contributed by atoms with Crippen molar-refractivity contribution < 1.29 is 9.90 Å². The average Bonchev–Trinajstić information content (AvgIpc) is 2.19.